The van der Waals surface area contributed by atoms with Crippen molar-refractivity contribution in [2.45, 2.75) is 44.1 Å². The quantitative estimate of drug-likeness (QED) is 0.606. The molecule has 33 heavy (non-hydrogen) atoms. The number of amides is 3. The van der Waals surface area contributed by atoms with E-state index in [-0.39, 0.29) is 12.5 Å². The molecule has 1 atom stereocenters. The number of fused-ring (bicyclic) bond motifs is 1. The molecule has 8 nitrogen and oxygen atoms in total. The van der Waals surface area contributed by atoms with Gasteiger partial charge in [-0.2, -0.15) is 0 Å². The van der Waals surface area contributed by atoms with E-state index >= 15 is 0 Å². The van der Waals surface area contributed by atoms with Gasteiger partial charge in [0.2, 0.25) is 5.91 Å². The summed E-state index contributed by atoms with van der Waals surface area (Å²) in [6.07, 6.45) is 4.40. The molecule has 8 heteroatoms. The number of aryl methyl sites for hydroxylation is 1. The number of methoxy groups -OCH3 is 1. The monoisotopic (exact) mass is 451 g/mol. The highest BCUT2D eigenvalue weighted by molar-refractivity contribution is 6.39. The molecule has 1 fully saturated rings. The van der Waals surface area contributed by atoms with Crippen molar-refractivity contribution in [1.82, 2.24) is 5.32 Å². The van der Waals surface area contributed by atoms with Gasteiger partial charge in [-0.15, -0.1) is 0 Å². The number of ether oxygens (including phenoxy) is 1. The van der Waals surface area contributed by atoms with Crippen LogP contribution in [0.5, 0.6) is 5.75 Å². The molecule has 0 radical (unpaired) electrons. The summed E-state index contributed by atoms with van der Waals surface area (Å²) < 4.78 is 5.26. The number of anilines is 2. The van der Waals surface area contributed by atoms with Crippen molar-refractivity contribution < 1.29 is 24.2 Å². The minimum absolute atomic E-state index is 0.0566. The summed E-state index contributed by atoms with van der Waals surface area (Å²) in [6.45, 7) is 0.573. The highest BCUT2D eigenvalue weighted by Crippen LogP contribution is 2.36. The zero-order valence-corrected chi connectivity index (χ0v) is 18.7. The zero-order valence-electron chi connectivity index (χ0n) is 18.7. The van der Waals surface area contributed by atoms with Crippen molar-refractivity contribution >= 4 is 29.1 Å². The lowest BCUT2D eigenvalue weighted by atomic mass is 9.79. The van der Waals surface area contributed by atoms with Gasteiger partial charge in [-0.25, -0.2) is 0 Å². The van der Waals surface area contributed by atoms with Gasteiger partial charge in [-0.05, 0) is 73.6 Å². The summed E-state index contributed by atoms with van der Waals surface area (Å²) in [5, 5.41) is 16.3. The van der Waals surface area contributed by atoms with E-state index in [0.717, 1.165) is 42.6 Å². The van der Waals surface area contributed by atoms with Gasteiger partial charge in [0.05, 0.1) is 13.7 Å². The Morgan fingerprint density at radius 1 is 1.09 bits per heavy atom. The Morgan fingerprint density at radius 2 is 1.94 bits per heavy atom. The summed E-state index contributed by atoms with van der Waals surface area (Å²) >= 11 is 0. The van der Waals surface area contributed by atoms with E-state index in [1.807, 2.05) is 18.2 Å². The lowest BCUT2D eigenvalue weighted by Gasteiger charge is -2.34. The Labute approximate surface area is 192 Å². The fourth-order valence-electron chi connectivity index (χ4n) is 4.57. The van der Waals surface area contributed by atoms with Gasteiger partial charge in [0.25, 0.3) is 0 Å². The lowest BCUT2D eigenvalue weighted by molar-refractivity contribution is -0.137. The van der Waals surface area contributed by atoms with E-state index in [2.05, 4.69) is 10.6 Å². The minimum atomic E-state index is -1.25. The summed E-state index contributed by atoms with van der Waals surface area (Å²) in [5.74, 6) is -0.883. The maximum atomic E-state index is 12.5. The Balaban J connectivity index is 1.39. The van der Waals surface area contributed by atoms with Crippen molar-refractivity contribution in [2.24, 2.45) is 0 Å². The van der Waals surface area contributed by atoms with Crippen molar-refractivity contribution in [1.29, 1.82) is 0 Å². The summed E-state index contributed by atoms with van der Waals surface area (Å²) in [6, 6.07) is 12.4. The number of nitrogens with one attached hydrogen (secondary N) is 2. The molecule has 0 spiro atoms. The number of benzene rings is 2. The van der Waals surface area contributed by atoms with E-state index in [9.17, 15) is 19.5 Å². The Bertz CT molecular complexity index is 1070. The van der Waals surface area contributed by atoms with Crippen LogP contribution in [0.2, 0.25) is 0 Å². The predicted octanol–water partition coefficient (Wildman–Crippen LogP) is 2.49. The van der Waals surface area contributed by atoms with E-state index in [0.29, 0.717) is 30.8 Å². The van der Waals surface area contributed by atoms with Gasteiger partial charge < -0.3 is 25.4 Å². The number of rotatable bonds is 5. The second-order valence-corrected chi connectivity index (χ2v) is 8.60. The van der Waals surface area contributed by atoms with Gasteiger partial charge in [-0.3, -0.25) is 14.4 Å². The first-order chi connectivity index (χ1) is 15.9. The predicted molar refractivity (Wildman–Crippen MR) is 124 cm³/mol. The Kier molecular flexibility index (Phi) is 6.65. The van der Waals surface area contributed by atoms with E-state index < -0.39 is 17.4 Å². The molecule has 1 unspecified atom stereocenters. The summed E-state index contributed by atoms with van der Waals surface area (Å²) in [5.41, 5.74) is 1.60. The summed E-state index contributed by atoms with van der Waals surface area (Å²) in [7, 11) is 1.59. The van der Waals surface area contributed by atoms with Crippen LogP contribution < -0.4 is 20.3 Å². The third kappa shape index (κ3) is 5.01. The molecule has 3 amide bonds. The molecule has 0 saturated carbocycles. The third-order valence-corrected chi connectivity index (χ3v) is 6.34. The molecule has 0 bridgehead atoms. The molecule has 4 rings (SSSR count). The van der Waals surface area contributed by atoms with Gasteiger partial charge in [0.15, 0.2) is 0 Å². The Hall–Kier alpha value is -3.39. The molecule has 1 aliphatic heterocycles. The molecule has 1 aliphatic carbocycles. The maximum Gasteiger partial charge on any atom is 0.313 e. The van der Waals surface area contributed by atoms with Crippen LogP contribution in [0.25, 0.3) is 0 Å². The van der Waals surface area contributed by atoms with Crippen LogP contribution in [0.4, 0.5) is 11.4 Å². The van der Waals surface area contributed by atoms with Crippen molar-refractivity contribution in [3.63, 3.8) is 0 Å². The minimum Gasteiger partial charge on any atom is -0.497 e. The number of piperidine rings is 1. The van der Waals surface area contributed by atoms with Gasteiger partial charge in [0, 0.05) is 24.3 Å². The fraction of sp³-hybridized carbons (Fsp3) is 0.400. The van der Waals surface area contributed by atoms with E-state index in [1.54, 1.807) is 36.3 Å². The van der Waals surface area contributed by atoms with Gasteiger partial charge >= 0.3 is 11.8 Å². The van der Waals surface area contributed by atoms with Gasteiger partial charge in [-0.1, -0.05) is 12.1 Å². The molecule has 2 aromatic carbocycles. The molecular formula is C25H29N3O5. The lowest BCUT2D eigenvalue weighted by Crippen LogP contribution is -2.46. The molecule has 2 aromatic rings. The molecule has 3 N–H and O–H groups in total. The topological polar surface area (TPSA) is 108 Å². The van der Waals surface area contributed by atoms with E-state index in [4.69, 9.17) is 4.74 Å². The Morgan fingerprint density at radius 3 is 2.73 bits per heavy atom. The first kappa shape index (κ1) is 22.8. The van der Waals surface area contributed by atoms with Crippen LogP contribution >= 0.6 is 0 Å². The molecule has 1 saturated heterocycles. The normalized spacial score (nSPS) is 20.1. The highest BCUT2D eigenvalue weighted by atomic mass is 16.5. The summed E-state index contributed by atoms with van der Waals surface area (Å²) in [4.78, 5) is 38.8. The van der Waals surface area contributed by atoms with Crippen LogP contribution in [-0.4, -0.2) is 43.0 Å². The first-order valence-electron chi connectivity index (χ1n) is 11.3. The van der Waals surface area contributed by atoms with Crippen LogP contribution in [0, 0.1) is 0 Å². The fourth-order valence-corrected chi connectivity index (χ4v) is 4.57. The molecule has 0 aromatic heterocycles. The number of nitrogens with zero attached hydrogens (tertiary/aromatic N) is 1. The number of hydrogen-bond acceptors (Lipinski definition) is 5. The van der Waals surface area contributed by atoms with Crippen LogP contribution in [0.15, 0.2) is 42.5 Å². The largest absolute Gasteiger partial charge is 0.497 e. The number of carbonyl (C=O) groups excluding carboxylic acids is 3. The zero-order chi connectivity index (χ0) is 23.4. The molecule has 1 heterocycles. The average Bonchev–Trinajstić information content (AvgIpc) is 2.83. The van der Waals surface area contributed by atoms with Crippen molar-refractivity contribution in [3.8, 4) is 5.75 Å². The second-order valence-electron chi connectivity index (χ2n) is 8.60. The highest BCUT2D eigenvalue weighted by Gasteiger charge is 2.35. The average molecular weight is 452 g/mol. The smallest absolute Gasteiger partial charge is 0.313 e. The third-order valence-electron chi connectivity index (χ3n) is 6.34. The second kappa shape index (κ2) is 9.62. The number of hydrogen-bond donors (Lipinski definition) is 3. The SMILES string of the molecule is COc1ccc2c(c1)CCCC2(O)CNC(=O)C(=O)Nc1cccc(N2CCCCC2=O)c1. The number of carbonyl (C=O) groups is 3. The molecule has 2 aliphatic rings. The van der Waals surface area contributed by atoms with Crippen LogP contribution in [-0.2, 0) is 26.4 Å². The van der Waals surface area contributed by atoms with Crippen LogP contribution in [0.1, 0.15) is 43.2 Å². The molecular weight excluding hydrogens is 422 g/mol. The number of aliphatic hydroxyl groups is 1. The maximum absolute atomic E-state index is 12.5. The molecule has 174 valence electrons. The van der Waals surface area contributed by atoms with Gasteiger partial charge in [0.1, 0.15) is 11.4 Å². The van der Waals surface area contributed by atoms with E-state index in [1.165, 1.54) is 0 Å². The van der Waals surface area contributed by atoms with Crippen LogP contribution in [0.3, 0.4) is 0 Å². The van der Waals surface area contributed by atoms with Crippen molar-refractivity contribution in [3.05, 3.63) is 53.6 Å². The standard InChI is InChI=1S/C25H29N3O5/c1-33-20-10-11-21-17(14-20)6-5-12-25(21,32)16-26-23(30)24(31)27-18-7-4-8-19(15-18)28-13-3-2-9-22(28)29/h4,7-8,10-11,14-15,32H,2-3,5-6,9,12-13,16H2,1H3,(H,26,30)(H,27,31). The van der Waals surface area contributed by atoms with Crippen molar-refractivity contribution in [2.75, 3.05) is 30.4 Å². The first-order valence-corrected chi connectivity index (χ1v) is 11.3.